The van der Waals surface area contributed by atoms with Crippen molar-refractivity contribution in [2.45, 2.75) is 25.8 Å². The highest BCUT2D eigenvalue weighted by atomic mass is 35.5. The maximum atomic E-state index is 11.6. The summed E-state index contributed by atoms with van der Waals surface area (Å²) in [4.78, 5) is 23.0. The number of pyridine rings is 1. The molecule has 0 aliphatic rings. The van der Waals surface area contributed by atoms with Crippen LogP contribution in [0.15, 0.2) is 17.1 Å². The zero-order valence-electron chi connectivity index (χ0n) is 9.87. The first-order chi connectivity index (χ1) is 7.95. The summed E-state index contributed by atoms with van der Waals surface area (Å²) in [5, 5.41) is 2.69. The van der Waals surface area contributed by atoms with Crippen LogP contribution in [0, 0.1) is 0 Å². The molecule has 0 aromatic carbocycles. The van der Waals surface area contributed by atoms with E-state index in [1.807, 2.05) is 6.92 Å². The van der Waals surface area contributed by atoms with Gasteiger partial charge < -0.3 is 15.6 Å². The fraction of sp³-hybridized carbons (Fsp3) is 0.455. The van der Waals surface area contributed by atoms with Crippen LogP contribution in [0.25, 0.3) is 0 Å². The molecule has 94 valence electrons. The van der Waals surface area contributed by atoms with Crippen molar-refractivity contribution in [3.63, 3.8) is 0 Å². The molecule has 0 saturated heterocycles. The maximum Gasteiger partial charge on any atom is 0.269 e. The van der Waals surface area contributed by atoms with Gasteiger partial charge in [-0.15, -0.1) is 0 Å². The van der Waals surface area contributed by atoms with Crippen molar-refractivity contribution >= 4 is 23.2 Å². The highest BCUT2D eigenvalue weighted by Crippen LogP contribution is 2.11. The van der Waals surface area contributed by atoms with Gasteiger partial charge in [-0.3, -0.25) is 9.59 Å². The molecular formula is C11H16ClN3O2. The van der Waals surface area contributed by atoms with E-state index in [4.69, 9.17) is 17.3 Å². The zero-order chi connectivity index (χ0) is 13.0. The van der Waals surface area contributed by atoms with Crippen LogP contribution >= 0.6 is 11.6 Å². The molecule has 0 aliphatic heterocycles. The van der Waals surface area contributed by atoms with E-state index in [-0.39, 0.29) is 16.5 Å². The summed E-state index contributed by atoms with van der Waals surface area (Å²) < 4.78 is 1.31. The number of hydrogen-bond donors (Lipinski definition) is 2. The van der Waals surface area contributed by atoms with Crippen LogP contribution in [-0.4, -0.2) is 16.5 Å². The molecule has 1 aromatic rings. The molecule has 1 aromatic heterocycles. The van der Waals surface area contributed by atoms with Crippen LogP contribution in [0.3, 0.4) is 0 Å². The molecule has 0 bridgehead atoms. The van der Waals surface area contributed by atoms with Gasteiger partial charge in [0, 0.05) is 13.2 Å². The SMILES string of the molecule is CCCC(N)C(=O)Nc1cc(Cl)c(=O)n(C)c1. The second-order valence-corrected chi connectivity index (χ2v) is 4.28. The van der Waals surface area contributed by atoms with Gasteiger partial charge >= 0.3 is 0 Å². The monoisotopic (exact) mass is 257 g/mol. The average Bonchev–Trinajstić information content (AvgIpc) is 2.26. The standard InChI is InChI=1S/C11H16ClN3O2/c1-3-4-9(13)10(16)14-7-5-8(12)11(17)15(2)6-7/h5-6,9H,3-4,13H2,1-2H3,(H,14,16). The van der Waals surface area contributed by atoms with Crippen molar-refractivity contribution in [2.75, 3.05) is 5.32 Å². The third kappa shape index (κ3) is 3.57. The number of hydrogen-bond acceptors (Lipinski definition) is 3. The van der Waals surface area contributed by atoms with E-state index in [0.717, 1.165) is 6.42 Å². The lowest BCUT2D eigenvalue weighted by Gasteiger charge is -2.12. The Morgan fingerprint density at radius 3 is 2.82 bits per heavy atom. The van der Waals surface area contributed by atoms with Crippen LogP contribution in [-0.2, 0) is 11.8 Å². The Kier molecular flexibility index (Phi) is 4.72. The molecule has 1 heterocycles. The number of carbonyl (C=O) groups excluding carboxylic acids is 1. The summed E-state index contributed by atoms with van der Waals surface area (Å²) in [6.07, 6.45) is 2.96. The molecule has 1 atom stereocenters. The molecule has 1 rings (SSSR count). The fourth-order valence-corrected chi connectivity index (χ4v) is 1.67. The molecule has 17 heavy (non-hydrogen) atoms. The number of aryl methyl sites for hydroxylation is 1. The molecule has 1 unspecified atom stereocenters. The summed E-state index contributed by atoms with van der Waals surface area (Å²) in [7, 11) is 1.57. The first-order valence-corrected chi connectivity index (χ1v) is 5.76. The van der Waals surface area contributed by atoms with Gasteiger partial charge in [-0.1, -0.05) is 24.9 Å². The Hall–Kier alpha value is -1.33. The lowest BCUT2D eigenvalue weighted by atomic mass is 10.1. The van der Waals surface area contributed by atoms with Crippen LogP contribution in [0.1, 0.15) is 19.8 Å². The molecule has 0 radical (unpaired) electrons. The topological polar surface area (TPSA) is 77.1 Å². The molecule has 0 spiro atoms. The van der Waals surface area contributed by atoms with E-state index in [0.29, 0.717) is 12.1 Å². The first kappa shape index (κ1) is 13.7. The van der Waals surface area contributed by atoms with Crippen LogP contribution < -0.4 is 16.6 Å². The molecule has 1 amide bonds. The van der Waals surface area contributed by atoms with Crippen molar-refractivity contribution in [3.05, 3.63) is 27.6 Å². The smallest absolute Gasteiger partial charge is 0.269 e. The fourth-order valence-electron chi connectivity index (χ4n) is 1.42. The van der Waals surface area contributed by atoms with Crippen LogP contribution in [0.4, 0.5) is 5.69 Å². The van der Waals surface area contributed by atoms with Crippen LogP contribution in [0.2, 0.25) is 5.02 Å². The van der Waals surface area contributed by atoms with Gasteiger partial charge in [0.05, 0.1) is 11.7 Å². The van der Waals surface area contributed by atoms with E-state index >= 15 is 0 Å². The van der Waals surface area contributed by atoms with Gasteiger partial charge in [-0.05, 0) is 12.5 Å². The van der Waals surface area contributed by atoms with Gasteiger partial charge in [0.1, 0.15) is 5.02 Å². The van der Waals surface area contributed by atoms with Crippen molar-refractivity contribution in [1.82, 2.24) is 4.57 Å². The van der Waals surface area contributed by atoms with E-state index in [1.165, 1.54) is 16.8 Å². The highest BCUT2D eigenvalue weighted by Gasteiger charge is 2.13. The molecule has 3 N–H and O–H groups in total. The van der Waals surface area contributed by atoms with Crippen molar-refractivity contribution in [1.29, 1.82) is 0 Å². The summed E-state index contributed by atoms with van der Waals surface area (Å²) in [6, 6.07) is 0.872. The number of nitrogens with one attached hydrogen (secondary N) is 1. The summed E-state index contributed by atoms with van der Waals surface area (Å²) >= 11 is 5.73. The van der Waals surface area contributed by atoms with Gasteiger partial charge in [-0.25, -0.2) is 0 Å². The predicted octanol–water partition coefficient (Wildman–Crippen LogP) is 1.10. The number of nitrogens with zero attached hydrogens (tertiary/aromatic N) is 1. The number of halogens is 1. The Labute approximate surface area is 105 Å². The quantitative estimate of drug-likeness (QED) is 0.848. The second-order valence-electron chi connectivity index (χ2n) is 3.88. The minimum absolute atomic E-state index is 0.0642. The molecule has 0 saturated carbocycles. The van der Waals surface area contributed by atoms with E-state index in [9.17, 15) is 9.59 Å². The van der Waals surface area contributed by atoms with Gasteiger partial charge in [0.15, 0.2) is 0 Å². The summed E-state index contributed by atoms with van der Waals surface area (Å²) in [5.74, 6) is -0.276. The number of rotatable bonds is 4. The second kappa shape index (κ2) is 5.84. The number of anilines is 1. The number of nitrogens with two attached hydrogens (primary N) is 1. The minimum Gasteiger partial charge on any atom is -0.323 e. The number of amides is 1. The Bertz CT molecular complexity index is 444. The van der Waals surface area contributed by atoms with Crippen molar-refractivity contribution < 1.29 is 4.79 Å². The largest absolute Gasteiger partial charge is 0.323 e. The molecule has 0 fully saturated rings. The highest BCUT2D eigenvalue weighted by molar-refractivity contribution is 6.30. The Morgan fingerprint density at radius 1 is 1.65 bits per heavy atom. The van der Waals surface area contributed by atoms with Gasteiger partial charge in [0.2, 0.25) is 5.91 Å². The zero-order valence-corrected chi connectivity index (χ0v) is 10.6. The Balaban J connectivity index is 2.82. The predicted molar refractivity (Wildman–Crippen MR) is 68.2 cm³/mol. The number of aromatic nitrogens is 1. The molecule has 0 aliphatic carbocycles. The van der Waals surface area contributed by atoms with Crippen molar-refractivity contribution in [2.24, 2.45) is 12.8 Å². The lowest BCUT2D eigenvalue weighted by molar-refractivity contribution is -0.117. The van der Waals surface area contributed by atoms with E-state index < -0.39 is 6.04 Å². The van der Waals surface area contributed by atoms with Crippen LogP contribution in [0.5, 0.6) is 0 Å². The average molecular weight is 258 g/mol. The number of carbonyl (C=O) groups is 1. The van der Waals surface area contributed by atoms with E-state index in [2.05, 4.69) is 5.32 Å². The van der Waals surface area contributed by atoms with Gasteiger partial charge in [-0.2, -0.15) is 0 Å². The van der Waals surface area contributed by atoms with E-state index in [1.54, 1.807) is 7.05 Å². The lowest BCUT2D eigenvalue weighted by Crippen LogP contribution is -2.35. The Morgan fingerprint density at radius 2 is 2.29 bits per heavy atom. The van der Waals surface area contributed by atoms with Crippen molar-refractivity contribution in [3.8, 4) is 0 Å². The minimum atomic E-state index is -0.545. The normalized spacial score (nSPS) is 12.2. The molecule has 6 heteroatoms. The molecular weight excluding hydrogens is 242 g/mol. The summed E-state index contributed by atoms with van der Waals surface area (Å²) in [6.45, 7) is 1.95. The maximum absolute atomic E-state index is 11.6. The third-order valence-electron chi connectivity index (χ3n) is 2.34. The van der Waals surface area contributed by atoms with Gasteiger partial charge in [0.25, 0.3) is 5.56 Å². The molecule has 5 nitrogen and oxygen atoms in total. The first-order valence-electron chi connectivity index (χ1n) is 5.38. The summed E-state index contributed by atoms with van der Waals surface area (Å²) in [5.41, 5.74) is 5.83. The third-order valence-corrected chi connectivity index (χ3v) is 2.61.